The summed E-state index contributed by atoms with van der Waals surface area (Å²) in [6.07, 6.45) is 1.13. The highest BCUT2D eigenvalue weighted by Gasteiger charge is 2.14. The van der Waals surface area contributed by atoms with Crippen LogP contribution < -0.4 is 11.3 Å². The Labute approximate surface area is 108 Å². The number of nitrogen functional groups attached to an aromatic ring is 1. The molecule has 1 aromatic heterocycles. The number of carbonyl (C=O) groups is 1. The number of hydrazine groups is 1. The molecule has 0 bridgehead atoms. The Morgan fingerprint density at radius 3 is 2.67 bits per heavy atom. The van der Waals surface area contributed by atoms with Gasteiger partial charge in [0, 0.05) is 6.04 Å². The number of nitrogens with two attached hydrogens (primary N) is 1. The molecule has 1 amide bonds. The van der Waals surface area contributed by atoms with Crippen molar-refractivity contribution in [3.63, 3.8) is 0 Å². The average molecular weight is 253 g/mol. The van der Waals surface area contributed by atoms with Gasteiger partial charge in [-0.3, -0.25) is 15.1 Å². The molecule has 102 valence electrons. The second-order valence-electron chi connectivity index (χ2n) is 5.13. The Balaban J connectivity index is 2.56. The molecule has 1 heterocycles. The fourth-order valence-electron chi connectivity index (χ4n) is 1.92. The zero-order chi connectivity index (χ0) is 13.7. The van der Waals surface area contributed by atoms with Crippen LogP contribution in [-0.2, 0) is 6.54 Å². The van der Waals surface area contributed by atoms with Crippen LogP contribution in [0.1, 0.15) is 43.5 Å². The van der Waals surface area contributed by atoms with Gasteiger partial charge in [-0.1, -0.05) is 13.8 Å². The highest BCUT2D eigenvalue weighted by atomic mass is 16.4. The number of hydrogen-bond donors (Lipinski definition) is 2. The number of amides is 1. The number of hydrogen-bond acceptors (Lipinski definition) is 4. The summed E-state index contributed by atoms with van der Waals surface area (Å²) in [5, 5.41) is 0. The van der Waals surface area contributed by atoms with Gasteiger partial charge in [-0.2, -0.15) is 0 Å². The summed E-state index contributed by atoms with van der Waals surface area (Å²) >= 11 is 0. The van der Waals surface area contributed by atoms with Crippen molar-refractivity contribution < 1.29 is 9.21 Å². The van der Waals surface area contributed by atoms with Crippen molar-refractivity contribution in [2.24, 2.45) is 11.8 Å². The van der Waals surface area contributed by atoms with Crippen molar-refractivity contribution in [3.05, 3.63) is 23.7 Å². The molecule has 1 rings (SSSR count). The Morgan fingerprint density at radius 2 is 2.11 bits per heavy atom. The first-order valence-corrected chi connectivity index (χ1v) is 6.24. The zero-order valence-corrected chi connectivity index (χ0v) is 11.6. The van der Waals surface area contributed by atoms with Gasteiger partial charge in [0.2, 0.25) is 0 Å². The molecule has 1 aromatic rings. The van der Waals surface area contributed by atoms with Crippen LogP contribution in [0.25, 0.3) is 0 Å². The van der Waals surface area contributed by atoms with Gasteiger partial charge in [-0.25, -0.2) is 5.84 Å². The lowest BCUT2D eigenvalue weighted by atomic mass is 10.0. The molecule has 0 saturated carbocycles. The smallest absolute Gasteiger partial charge is 0.300 e. The second kappa shape index (κ2) is 6.56. The molecule has 0 aliphatic heterocycles. The molecule has 3 N–H and O–H groups in total. The van der Waals surface area contributed by atoms with E-state index in [-0.39, 0.29) is 5.76 Å². The highest BCUT2D eigenvalue weighted by molar-refractivity contribution is 5.90. The summed E-state index contributed by atoms with van der Waals surface area (Å²) in [7, 11) is 2.05. The molecule has 0 spiro atoms. The molecule has 0 aliphatic rings. The van der Waals surface area contributed by atoms with Crippen molar-refractivity contribution in [3.8, 4) is 0 Å². The lowest BCUT2D eigenvalue weighted by molar-refractivity contribution is 0.0921. The zero-order valence-electron chi connectivity index (χ0n) is 11.6. The molecule has 18 heavy (non-hydrogen) atoms. The van der Waals surface area contributed by atoms with E-state index < -0.39 is 5.91 Å². The number of carbonyl (C=O) groups excluding carboxylic acids is 1. The number of rotatable bonds is 6. The van der Waals surface area contributed by atoms with Crippen LogP contribution in [0.4, 0.5) is 0 Å². The molecule has 5 nitrogen and oxygen atoms in total. The van der Waals surface area contributed by atoms with E-state index in [1.54, 1.807) is 6.07 Å². The van der Waals surface area contributed by atoms with Gasteiger partial charge < -0.3 is 4.42 Å². The predicted molar refractivity (Wildman–Crippen MR) is 70.7 cm³/mol. The van der Waals surface area contributed by atoms with Crippen LogP contribution in [0, 0.1) is 5.92 Å². The monoisotopic (exact) mass is 253 g/mol. The summed E-state index contributed by atoms with van der Waals surface area (Å²) in [4.78, 5) is 13.5. The Bertz CT molecular complexity index is 387. The summed E-state index contributed by atoms with van der Waals surface area (Å²) in [5.74, 6) is 6.33. The van der Waals surface area contributed by atoms with Gasteiger partial charge in [-0.05, 0) is 38.4 Å². The fourth-order valence-corrected chi connectivity index (χ4v) is 1.92. The van der Waals surface area contributed by atoms with E-state index in [4.69, 9.17) is 10.3 Å². The van der Waals surface area contributed by atoms with Gasteiger partial charge in [0.05, 0.1) is 6.54 Å². The summed E-state index contributed by atoms with van der Waals surface area (Å²) < 4.78 is 5.43. The molecule has 0 aliphatic carbocycles. The first-order chi connectivity index (χ1) is 8.43. The Hall–Kier alpha value is -1.33. The topological polar surface area (TPSA) is 71.5 Å². The van der Waals surface area contributed by atoms with Crippen LogP contribution in [-0.4, -0.2) is 23.9 Å². The standard InChI is InChI=1S/C13H23N3O2/c1-9(2)7-10(3)16(4)8-11-5-6-12(18-11)13(17)15-14/h5-6,9-10H,7-8,14H2,1-4H3,(H,15,17). The lowest BCUT2D eigenvalue weighted by Gasteiger charge is -2.25. The van der Waals surface area contributed by atoms with E-state index in [9.17, 15) is 4.79 Å². The molecular formula is C13H23N3O2. The van der Waals surface area contributed by atoms with Crippen molar-refractivity contribution >= 4 is 5.91 Å². The van der Waals surface area contributed by atoms with Crippen LogP contribution in [0.3, 0.4) is 0 Å². The minimum absolute atomic E-state index is 0.248. The summed E-state index contributed by atoms with van der Waals surface area (Å²) in [5.41, 5.74) is 2.05. The SMILES string of the molecule is CC(C)CC(C)N(C)Cc1ccc(C(=O)NN)o1. The minimum Gasteiger partial charge on any atom is -0.455 e. The van der Waals surface area contributed by atoms with Gasteiger partial charge in [-0.15, -0.1) is 0 Å². The molecule has 0 radical (unpaired) electrons. The van der Waals surface area contributed by atoms with Crippen molar-refractivity contribution in [2.75, 3.05) is 7.05 Å². The number of furan rings is 1. The maximum absolute atomic E-state index is 11.2. The van der Waals surface area contributed by atoms with E-state index in [0.29, 0.717) is 18.5 Å². The van der Waals surface area contributed by atoms with E-state index in [2.05, 4.69) is 38.1 Å². The van der Waals surface area contributed by atoms with Gasteiger partial charge >= 0.3 is 5.91 Å². The van der Waals surface area contributed by atoms with Crippen LogP contribution in [0.5, 0.6) is 0 Å². The first-order valence-electron chi connectivity index (χ1n) is 6.24. The summed E-state index contributed by atoms with van der Waals surface area (Å²) in [6.45, 7) is 7.30. The average Bonchev–Trinajstić information content (AvgIpc) is 2.75. The van der Waals surface area contributed by atoms with Crippen LogP contribution in [0.15, 0.2) is 16.5 Å². The molecule has 1 unspecified atom stereocenters. The van der Waals surface area contributed by atoms with E-state index in [0.717, 1.165) is 12.2 Å². The van der Waals surface area contributed by atoms with Gasteiger partial charge in [0.25, 0.3) is 0 Å². The van der Waals surface area contributed by atoms with Gasteiger partial charge in [0.15, 0.2) is 5.76 Å². The molecule has 5 heteroatoms. The first kappa shape index (κ1) is 14.7. The normalized spacial score (nSPS) is 13.1. The maximum atomic E-state index is 11.2. The van der Waals surface area contributed by atoms with E-state index in [1.807, 2.05) is 6.07 Å². The minimum atomic E-state index is -0.404. The van der Waals surface area contributed by atoms with Crippen molar-refractivity contribution in [2.45, 2.75) is 39.8 Å². The third-order valence-corrected chi connectivity index (χ3v) is 2.99. The largest absolute Gasteiger partial charge is 0.455 e. The molecule has 0 fully saturated rings. The Morgan fingerprint density at radius 1 is 1.44 bits per heavy atom. The van der Waals surface area contributed by atoms with E-state index in [1.165, 1.54) is 0 Å². The third kappa shape index (κ3) is 4.16. The second-order valence-corrected chi connectivity index (χ2v) is 5.13. The quantitative estimate of drug-likeness (QED) is 0.460. The Kier molecular flexibility index (Phi) is 5.37. The van der Waals surface area contributed by atoms with Crippen LogP contribution in [0.2, 0.25) is 0 Å². The molecule has 0 saturated heterocycles. The number of nitrogens with one attached hydrogen (secondary N) is 1. The van der Waals surface area contributed by atoms with Crippen molar-refractivity contribution in [1.29, 1.82) is 0 Å². The number of nitrogens with zero attached hydrogens (tertiary/aromatic N) is 1. The summed E-state index contributed by atoms with van der Waals surface area (Å²) in [6, 6.07) is 3.92. The maximum Gasteiger partial charge on any atom is 0.300 e. The van der Waals surface area contributed by atoms with Crippen molar-refractivity contribution in [1.82, 2.24) is 10.3 Å². The lowest BCUT2D eigenvalue weighted by Crippen LogP contribution is -2.30. The van der Waals surface area contributed by atoms with Crippen LogP contribution >= 0.6 is 0 Å². The molecule has 0 aromatic carbocycles. The highest BCUT2D eigenvalue weighted by Crippen LogP contribution is 2.15. The third-order valence-electron chi connectivity index (χ3n) is 2.99. The van der Waals surface area contributed by atoms with E-state index >= 15 is 0 Å². The molecular weight excluding hydrogens is 230 g/mol. The van der Waals surface area contributed by atoms with Gasteiger partial charge in [0.1, 0.15) is 5.76 Å². The molecule has 1 atom stereocenters. The predicted octanol–water partition coefficient (Wildman–Crippen LogP) is 1.75. The fraction of sp³-hybridized carbons (Fsp3) is 0.615.